The third-order valence-electron chi connectivity index (χ3n) is 1.80. The molecule has 0 aromatic heterocycles. The van der Waals surface area contributed by atoms with Crippen LogP contribution in [-0.4, -0.2) is 9.66 Å². The lowest BCUT2D eigenvalue weighted by Crippen LogP contribution is -2.02. The van der Waals surface area contributed by atoms with Crippen molar-refractivity contribution in [2.24, 2.45) is 0 Å². The first-order valence-electron chi connectivity index (χ1n) is 4.59. The summed E-state index contributed by atoms with van der Waals surface area (Å²) in [6, 6.07) is 0. The van der Waals surface area contributed by atoms with E-state index < -0.39 is 0 Å². The van der Waals surface area contributed by atoms with E-state index in [-0.39, 0.29) is 4.84 Å². The molecule has 0 rings (SSSR count). The zero-order valence-corrected chi connectivity index (χ0v) is 10.6. The van der Waals surface area contributed by atoms with E-state index in [0.29, 0.717) is 4.83 Å². The molecule has 0 aromatic carbocycles. The number of hydrogen-bond acceptors (Lipinski definition) is 0. The Morgan fingerprint density at radius 2 is 1.83 bits per heavy atom. The van der Waals surface area contributed by atoms with Crippen LogP contribution in [0.25, 0.3) is 0 Å². The zero-order chi connectivity index (χ0) is 9.40. The molecule has 0 aliphatic rings. The summed E-state index contributed by atoms with van der Waals surface area (Å²) in [6.45, 7) is 2.22. The zero-order valence-electron chi connectivity index (χ0n) is 7.53. The minimum absolute atomic E-state index is 0.222. The first-order chi connectivity index (χ1) is 5.66. The average molecular weight is 276 g/mol. The van der Waals surface area contributed by atoms with Gasteiger partial charge in [0.15, 0.2) is 0 Å². The van der Waals surface area contributed by atoms with Gasteiger partial charge in [0.2, 0.25) is 0 Å². The molecule has 0 nitrogen and oxygen atoms in total. The van der Waals surface area contributed by atoms with Crippen molar-refractivity contribution in [3.63, 3.8) is 0 Å². The molecule has 3 heteroatoms. The van der Waals surface area contributed by atoms with Gasteiger partial charge in [-0.05, 0) is 12.8 Å². The van der Waals surface area contributed by atoms with Crippen LogP contribution in [0.3, 0.4) is 0 Å². The fourth-order valence-electron chi connectivity index (χ4n) is 1.10. The minimum atomic E-state index is -0.222. The molecule has 0 N–H and O–H groups in total. The van der Waals surface area contributed by atoms with Gasteiger partial charge in [0, 0.05) is 4.83 Å². The number of halogens is 3. The molecule has 0 aliphatic carbocycles. The van der Waals surface area contributed by atoms with Crippen molar-refractivity contribution >= 4 is 39.1 Å². The quantitative estimate of drug-likeness (QED) is 0.457. The second-order valence-electron chi connectivity index (χ2n) is 3.07. The van der Waals surface area contributed by atoms with Crippen LogP contribution >= 0.6 is 39.1 Å². The van der Waals surface area contributed by atoms with Crippen molar-refractivity contribution in [3.8, 4) is 0 Å². The van der Waals surface area contributed by atoms with Crippen LogP contribution in [0.15, 0.2) is 0 Å². The third kappa shape index (κ3) is 9.15. The maximum absolute atomic E-state index is 5.65. The van der Waals surface area contributed by atoms with Crippen molar-refractivity contribution in [3.05, 3.63) is 0 Å². The maximum atomic E-state index is 5.65. The highest BCUT2D eigenvalue weighted by molar-refractivity contribution is 9.09. The van der Waals surface area contributed by atoms with Crippen LogP contribution in [0.4, 0.5) is 0 Å². The SMILES string of the molecule is CCCCCCC(Br)CC(Cl)Cl. The first kappa shape index (κ1) is 13.1. The Labute approximate surface area is 94.1 Å². The molecule has 0 fully saturated rings. The Morgan fingerprint density at radius 3 is 2.33 bits per heavy atom. The maximum Gasteiger partial charge on any atom is 0.108 e. The predicted octanol–water partition coefficient (Wildman–Crippen LogP) is 4.91. The number of alkyl halides is 3. The van der Waals surface area contributed by atoms with Gasteiger partial charge in [-0.2, -0.15) is 0 Å². The molecular weight excluding hydrogens is 259 g/mol. The van der Waals surface area contributed by atoms with Gasteiger partial charge in [-0.3, -0.25) is 0 Å². The lowest BCUT2D eigenvalue weighted by Gasteiger charge is -2.09. The van der Waals surface area contributed by atoms with E-state index in [1.165, 1.54) is 32.1 Å². The lowest BCUT2D eigenvalue weighted by atomic mass is 10.1. The Hall–Kier alpha value is 1.06. The molecule has 1 unspecified atom stereocenters. The molecule has 0 aromatic rings. The Kier molecular flexibility index (Phi) is 9.41. The van der Waals surface area contributed by atoms with Crippen LogP contribution in [-0.2, 0) is 0 Å². The van der Waals surface area contributed by atoms with Crippen LogP contribution in [0.2, 0.25) is 0 Å². The molecule has 0 radical (unpaired) electrons. The summed E-state index contributed by atoms with van der Waals surface area (Å²) in [7, 11) is 0. The standard InChI is InChI=1S/C9H17BrCl2/c1-2-3-4-5-6-8(10)7-9(11)12/h8-9H,2-7H2,1H3. The molecule has 0 saturated carbocycles. The summed E-state index contributed by atoms with van der Waals surface area (Å²) in [4.78, 5) is 0.273. The molecule has 0 amide bonds. The summed E-state index contributed by atoms with van der Waals surface area (Å²) in [5, 5.41) is 0. The van der Waals surface area contributed by atoms with Crippen molar-refractivity contribution in [1.82, 2.24) is 0 Å². The summed E-state index contributed by atoms with van der Waals surface area (Å²) in [5.74, 6) is 0. The largest absolute Gasteiger partial charge is 0.108 e. The molecule has 1 atom stereocenters. The second kappa shape index (κ2) is 8.65. The van der Waals surface area contributed by atoms with Gasteiger partial charge in [-0.25, -0.2) is 0 Å². The number of hydrogen-bond donors (Lipinski definition) is 0. The fraction of sp³-hybridized carbons (Fsp3) is 1.00. The van der Waals surface area contributed by atoms with Gasteiger partial charge >= 0.3 is 0 Å². The van der Waals surface area contributed by atoms with Crippen molar-refractivity contribution in [2.45, 2.75) is 55.1 Å². The summed E-state index contributed by atoms with van der Waals surface area (Å²) < 4.78 is 0. The fourth-order valence-corrected chi connectivity index (χ4v) is 2.66. The van der Waals surface area contributed by atoms with Gasteiger partial charge < -0.3 is 0 Å². The van der Waals surface area contributed by atoms with Crippen molar-refractivity contribution < 1.29 is 0 Å². The van der Waals surface area contributed by atoms with Crippen LogP contribution < -0.4 is 0 Å². The van der Waals surface area contributed by atoms with E-state index in [1.54, 1.807) is 0 Å². The van der Waals surface area contributed by atoms with E-state index in [9.17, 15) is 0 Å². The summed E-state index contributed by atoms with van der Waals surface area (Å²) in [6.07, 6.45) is 7.29. The van der Waals surface area contributed by atoms with Crippen LogP contribution in [0, 0.1) is 0 Å². The molecule has 0 heterocycles. The summed E-state index contributed by atoms with van der Waals surface area (Å²) >= 11 is 14.9. The van der Waals surface area contributed by atoms with Gasteiger partial charge in [-0.15, -0.1) is 23.2 Å². The number of unbranched alkanes of at least 4 members (excludes halogenated alkanes) is 3. The van der Waals surface area contributed by atoms with Crippen LogP contribution in [0.1, 0.15) is 45.4 Å². The topological polar surface area (TPSA) is 0 Å². The molecule has 74 valence electrons. The third-order valence-corrected chi connectivity index (χ3v) is 2.99. The molecule has 0 spiro atoms. The molecule has 0 saturated heterocycles. The predicted molar refractivity (Wildman–Crippen MR) is 61.6 cm³/mol. The highest BCUT2D eigenvalue weighted by atomic mass is 79.9. The highest BCUT2D eigenvalue weighted by Crippen LogP contribution is 2.20. The minimum Gasteiger partial charge on any atom is -0.105 e. The Balaban J connectivity index is 3.14. The van der Waals surface area contributed by atoms with Gasteiger partial charge in [0.25, 0.3) is 0 Å². The molecule has 0 bridgehead atoms. The van der Waals surface area contributed by atoms with E-state index in [4.69, 9.17) is 23.2 Å². The van der Waals surface area contributed by atoms with Crippen LogP contribution in [0.5, 0.6) is 0 Å². The molecular formula is C9H17BrCl2. The monoisotopic (exact) mass is 274 g/mol. The second-order valence-corrected chi connectivity index (χ2v) is 5.65. The average Bonchev–Trinajstić information content (AvgIpc) is 1.97. The first-order valence-corrected chi connectivity index (χ1v) is 6.38. The summed E-state index contributed by atoms with van der Waals surface area (Å²) in [5.41, 5.74) is 0. The number of rotatable bonds is 7. The van der Waals surface area contributed by atoms with E-state index in [1.807, 2.05) is 0 Å². The molecule has 0 aliphatic heterocycles. The van der Waals surface area contributed by atoms with E-state index in [2.05, 4.69) is 22.9 Å². The van der Waals surface area contributed by atoms with Crippen molar-refractivity contribution in [1.29, 1.82) is 0 Å². The Morgan fingerprint density at radius 1 is 1.17 bits per heavy atom. The van der Waals surface area contributed by atoms with Gasteiger partial charge in [-0.1, -0.05) is 48.5 Å². The normalized spacial score (nSPS) is 13.8. The van der Waals surface area contributed by atoms with Gasteiger partial charge in [0.1, 0.15) is 4.84 Å². The van der Waals surface area contributed by atoms with E-state index >= 15 is 0 Å². The van der Waals surface area contributed by atoms with Crippen molar-refractivity contribution in [2.75, 3.05) is 0 Å². The smallest absolute Gasteiger partial charge is 0.105 e. The Bertz CT molecular complexity index is 96.5. The lowest BCUT2D eigenvalue weighted by molar-refractivity contribution is 0.612. The van der Waals surface area contributed by atoms with E-state index in [0.717, 1.165) is 6.42 Å². The van der Waals surface area contributed by atoms with Gasteiger partial charge in [0.05, 0.1) is 0 Å². The highest BCUT2D eigenvalue weighted by Gasteiger charge is 2.08. The molecule has 12 heavy (non-hydrogen) atoms.